The molecule has 0 bridgehead atoms. The highest BCUT2D eigenvalue weighted by Gasteiger charge is 2.74. The topological polar surface area (TPSA) is 550 Å². The molecule has 6 saturated heterocycles. The first-order valence-corrected chi connectivity index (χ1v) is 34.4. The summed E-state index contributed by atoms with van der Waals surface area (Å²) in [6.07, 6.45) is -49.9. The van der Waals surface area contributed by atoms with Crippen LogP contribution in [-0.4, -0.2) is 337 Å². The van der Waals surface area contributed by atoms with Crippen LogP contribution in [0.25, 0.3) is 0 Å². The van der Waals surface area contributed by atoms with Crippen LogP contribution in [0, 0.1) is 50.2 Å². The second kappa shape index (κ2) is 29.0. The van der Waals surface area contributed by atoms with E-state index in [-0.39, 0.29) is 43.6 Å². The van der Waals surface area contributed by atoms with Crippen molar-refractivity contribution >= 4 is 11.9 Å². The lowest BCUT2D eigenvalue weighted by Gasteiger charge is -2.71. The van der Waals surface area contributed by atoms with E-state index in [0.717, 1.165) is 5.57 Å². The van der Waals surface area contributed by atoms with Gasteiger partial charge in [0.15, 0.2) is 37.6 Å². The zero-order valence-corrected chi connectivity index (χ0v) is 56.3. The summed E-state index contributed by atoms with van der Waals surface area (Å²) < 4.78 is 71.5. The number of carboxylic acid groups (broad SMARTS) is 1. The molecule has 11 rings (SSSR count). The highest BCUT2D eigenvalue weighted by atomic mass is 16.8. The van der Waals surface area contributed by atoms with Gasteiger partial charge in [-0.25, -0.2) is 0 Å². The van der Waals surface area contributed by atoms with E-state index >= 15 is 4.79 Å². The number of hydrogen-bond acceptors (Lipinski definition) is 33. The molecule has 11 aliphatic rings. The molecule has 10 fully saturated rings. The molecule has 4 saturated carbocycles. The molecule has 0 aromatic heterocycles. The molecule has 20 N–H and O–H groups in total. The Balaban J connectivity index is 0.810. The van der Waals surface area contributed by atoms with Crippen LogP contribution < -0.4 is 0 Å². The normalized spacial score (nSPS) is 54.5. The first kappa shape index (κ1) is 77.6. The lowest BCUT2D eigenvalue weighted by Crippen LogP contribution is -2.71. The maximum absolute atomic E-state index is 15.7. The number of rotatable bonds is 17. The fourth-order valence-electron chi connectivity index (χ4n) is 19.3. The third-order valence-electron chi connectivity index (χ3n) is 25.2. The molecule has 568 valence electrons. The maximum Gasteiger partial charge on any atom is 0.315 e. The number of hydrogen-bond donors (Lipinski definition) is 20. The minimum absolute atomic E-state index is 0.00634. The molecule has 39 unspecified atom stereocenters. The Bertz CT molecular complexity index is 2840. The molecular weight excluding hydrogens is 1320 g/mol. The predicted octanol–water partition coefficient (Wildman–Crippen LogP) is -6.68. The van der Waals surface area contributed by atoms with E-state index < -0.39 is 268 Å². The van der Waals surface area contributed by atoms with Gasteiger partial charge in [-0.3, -0.25) is 9.59 Å². The Labute approximate surface area is 570 Å². The van der Waals surface area contributed by atoms with E-state index in [1.54, 1.807) is 0 Å². The second-order valence-electron chi connectivity index (χ2n) is 31.2. The zero-order valence-electron chi connectivity index (χ0n) is 56.3. The molecule has 6 heterocycles. The van der Waals surface area contributed by atoms with Crippen molar-refractivity contribution in [3.63, 3.8) is 0 Å². The Hall–Kier alpha value is -2.52. The average molecular weight is 1430 g/mol. The summed E-state index contributed by atoms with van der Waals surface area (Å²) >= 11 is 0. The van der Waals surface area contributed by atoms with Gasteiger partial charge in [0.25, 0.3) is 0 Å². The van der Waals surface area contributed by atoms with E-state index in [4.69, 9.17) is 56.8 Å². The van der Waals surface area contributed by atoms with Crippen LogP contribution in [0.1, 0.15) is 106 Å². The summed E-state index contributed by atoms with van der Waals surface area (Å²) in [7, 11) is 0. The van der Waals surface area contributed by atoms with Crippen molar-refractivity contribution in [2.24, 2.45) is 50.2 Å². The van der Waals surface area contributed by atoms with Crippen LogP contribution in [0.2, 0.25) is 0 Å². The lowest BCUT2D eigenvalue weighted by molar-refractivity contribution is -0.391. The van der Waals surface area contributed by atoms with Gasteiger partial charge in [0.1, 0.15) is 128 Å². The summed E-state index contributed by atoms with van der Waals surface area (Å²) in [6.45, 7) is 8.92. The number of fused-ring (bicyclic) bond motifs is 7. The number of carbonyl (C=O) groups is 2. The number of ether oxygens (including phenoxy) is 12. The van der Waals surface area contributed by atoms with E-state index in [1.165, 1.54) is 20.8 Å². The van der Waals surface area contributed by atoms with Gasteiger partial charge in [-0.2, -0.15) is 0 Å². The first-order valence-electron chi connectivity index (χ1n) is 34.4. The van der Waals surface area contributed by atoms with Crippen LogP contribution in [0.4, 0.5) is 0 Å². The van der Waals surface area contributed by atoms with E-state index in [2.05, 4.69) is 26.8 Å². The van der Waals surface area contributed by atoms with Crippen molar-refractivity contribution in [3.8, 4) is 0 Å². The average Bonchev–Trinajstić information content (AvgIpc) is 0.670. The number of carbonyl (C=O) groups excluding carboxylic acids is 1. The molecule has 0 aromatic rings. The Kier molecular flexibility index (Phi) is 22.7. The summed E-state index contributed by atoms with van der Waals surface area (Å²) in [5.41, 5.74) is -5.43. The van der Waals surface area contributed by atoms with Crippen LogP contribution in [0.3, 0.4) is 0 Å². The van der Waals surface area contributed by atoms with Gasteiger partial charge in [0.05, 0.1) is 62.2 Å². The van der Waals surface area contributed by atoms with Gasteiger partial charge < -0.3 is 159 Å². The minimum atomic E-state index is -2.11. The molecular formula is C65H104O34. The highest BCUT2D eigenvalue weighted by Crippen LogP contribution is 2.76. The Morgan fingerprint density at radius 2 is 0.990 bits per heavy atom. The number of carboxylic acids is 1. The van der Waals surface area contributed by atoms with Crippen molar-refractivity contribution in [3.05, 3.63) is 11.6 Å². The lowest BCUT2D eigenvalue weighted by atomic mass is 9.33. The van der Waals surface area contributed by atoms with E-state index in [9.17, 15) is 107 Å². The molecule has 0 spiro atoms. The fraction of sp³-hybridized carbons (Fsp3) is 0.938. The zero-order chi connectivity index (χ0) is 72.5. The summed E-state index contributed by atoms with van der Waals surface area (Å²) in [5.74, 6) is -3.70. The molecule has 99 heavy (non-hydrogen) atoms. The Morgan fingerprint density at radius 1 is 0.495 bits per heavy atom. The van der Waals surface area contributed by atoms with Crippen molar-refractivity contribution < 1.29 is 169 Å². The SMILES string of the molecule is CC1OC(OC(=O)C23CCC(C)(C)CC2C2=CCC4C5(C)CC(O)C(OC6OC(CO)C(O)C(O)C6O)C(C)(C(=O)O)C5CCC4(C)C2(CO)CC3)C(OC2OC(C)C(OC3OCC(OC4OC(CO)C(O)C(O)C4O)C(OC4OC(CO)C(O)C(O)C4O)C3O)C(O)C2O)C(O)C1O. The summed E-state index contributed by atoms with van der Waals surface area (Å²) in [6, 6.07) is 0. The largest absolute Gasteiger partial charge is 0.481 e. The summed E-state index contributed by atoms with van der Waals surface area (Å²) in [5, 5.41) is 220. The highest BCUT2D eigenvalue weighted by molar-refractivity contribution is 5.79. The van der Waals surface area contributed by atoms with Crippen LogP contribution in [-0.2, 0) is 66.4 Å². The fourth-order valence-corrected chi connectivity index (χ4v) is 19.3. The monoisotopic (exact) mass is 1430 g/mol. The summed E-state index contributed by atoms with van der Waals surface area (Å²) in [4.78, 5) is 29.5. The van der Waals surface area contributed by atoms with Gasteiger partial charge in [0.2, 0.25) is 6.29 Å². The van der Waals surface area contributed by atoms with Crippen LogP contribution in [0.5, 0.6) is 0 Å². The minimum Gasteiger partial charge on any atom is -0.481 e. The van der Waals surface area contributed by atoms with E-state index in [1.807, 2.05) is 6.92 Å². The van der Waals surface area contributed by atoms with E-state index in [0.29, 0.717) is 32.1 Å². The van der Waals surface area contributed by atoms with Gasteiger partial charge in [-0.15, -0.1) is 0 Å². The third-order valence-corrected chi connectivity index (χ3v) is 25.2. The van der Waals surface area contributed by atoms with Gasteiger partial charge in [-0.05, 0) is 113 Å². The quantitative estimate of drug-likeness (QED) is 0.0366. The molecule has 39 atom stereocenters. The van der Waals surface area contributed by atoms with Gasteiger partial charge in [0, 0.05) is 5.41 Å². The van der Waals surface area contributed by atoms with Crippen molar-refractivity contribution in [2.75, 3.05) is 33.0 Å². The number of aliphatic hydroxyl groups excluding tert-OH is 19. The van der Waals surface area contributed by atoms with Crippen molar-refractivity contribution in [2.45, 2.75) is 297 Å². The number of aliphatic hydroxyl groups is 19. The predicted molar refractivity (Wildman–Crippen MR) is 324 cm³/mol. The Morgan fingerprint density at radius 3 is 1.55 bits per heavy atom. The van der Waals surface area contributed by atoms with Gasteiger partial charge in [-0.1, -0.05) is 39.3 Å². The third kappa shape index (κ3) is 13.0. The molecule has 34 nitrogen and oxygen atoms in total. The smallest absolute Gasteiger partial charge is 0.315 e. The van der Waals surface area contributed by atoms with Gasteiger partial charge >= 0.3 is 11.9 Å². The first-order chi connectivity index (χ1) is 46.4. The van der Waals surface area contributed by atoms with Crippen LogP contribution >= 0.6 is 0 Å². The standard InChI is InChI=1S/C65H104O34/c1-23-34(71)41(78)50(97-53-46(83)42(79)48(24(2)90-53)95-52-47(84)49(96-55-44(81)39(76)36(73)29(19-67)92-55)31(21-88-52)94-54-43(80)38(75)35(72)28(18-66)91-54)57(89-23)99-59(87)64-13-12-60(3,4)16-26(64)25-8-9-32-61(5)17-27(70)51(98-56-45(82)40(77)37(74)30(20-68)93-56)63(7,58(85)86)33(61)10-11-62(32,6)65(25,22-69)15-14-64/h8,23-24,26-57,66-84H,9-22H2,1-7H3,(H,85,86). The number of esters is 1. The van der Waals surface area contributed by atoms with Crippen molar-refractivity contribution in [1.29, 1.82) is 0 Å². The number of aliphatic carboxylic acids is 1. The van der Waals surface area contributed by atoms with Crippen LogP contribution in [0.15, 0.2) is 11.6 Å². The molecule has 34 heteroatoms. The second-order valence-corrected chi connectivity index (χ2v) is 31.2. The molecule has 5 aliphatic carbocycles. The molecule has 6 aliphatic heterocycles. The number of allylic oxidation sites excluding steroid dienone is 1. The molecule has 0 radical (unpaired) electrons. The molecule has 0 amide bonds. The molecule has 0 aromatic carbocycles. The van der Waals surface area contributed by atoms with Crippen molar-refractivity contribution in [1.82, 2.24) is 0 Å². The maximum atomic E-state index is 15.7.